The molecule has 2 aromatic rings. The second-order valence-corrected chi connectivity index (χ2v) is 7.98. The third-order valence-electron chi connectivity index (χ3n) is 5.89. The van der Waals surface area contributed by atoms with Crippen LogP contribution in [0.5, 0.6) is 0 Å². The molecule has 0 N–H and O–H groups in total. The second kappa shape index (κ2) is 11.7. The van der Waals surface area contributed by atoms with Crippen molar-refractivity contribution in [2.24, 2.45) is 0 Å². The lowest BCUT2D eigenvalue weighted by atomic mass is 9.90. The number of hydrogen-bond acceptors (Lipinski definition) is 8. The maximum Gasteiger partial charge on any atom is 0.367 e. The summed E-state index contributed by atoms with van der Waals surface area (Å²) in [6.07, 6.45) is -0.692. The van der Waals surface area contributed by atoms with E-state index in [-0.39, 0.29) is 24.4 Å². The number of esters is 4. The molecule has 1 unspecified atom stereocenters. The Balaban J connectivity index is 2.32. The molecule has 0 spiro atoms. The maximum atomic E-state index is 13.6. The van der Waals surface area contributed by atoms with Crippen LogP contribution in [-0.2, 0) is 44.5 Å². The van der Waals surface area contributed by atoms with Gasteiger partial charge in [-0.15, -0.1) is 0 Å². The van der Waals surface area contributed by atoms with Crippen molar-refractivity contribution < 1.29 is 38.1 Å². The van der Waals surface area contributed by atoms with Crippen LogP contribution in [0.4, 0.5) is 0 Å². The van der Waals surface area contributed by atoms with Crippen LogP contribution in [0.3, 0.4) is 0 Å². The summed E-state index contributed by atoms with van der Waals surface area (Å²) in [5, 5.41) is 0. The average molecular weight is 495 g/mol. The van der Waals surface area contributed by atoms with E-state index in [0.29, 0.717) is 24.0 Å². The molecule has 190 valence electrons. The molecule has 36 heavy (non-hydrogen) atoms. The monoisotopic (exact) mass is 494 g/mol. The Morgan fingerprint density at radius 2 is 1.42 bits per heavy atom. The topological polar surface area (TPSA) is 105 Å². The summed E-state index contributed by atoms with van der Waals surface area (Å²) in [5.41, 5.74) is -0.832. The number of aryl methyl sites for hydroxylation is 1. The largest absolute Gasteiger partial charge is 0.462 e. The Morgan fingerprint density at radius 3 is 1.97 bits per heavy atom. The SMILES string of the molecule is CCOC(=O)C1(C(=O)OCC)OC(=O)C(=C(CC)c2ccccc2CC)C(=O)OC1c1ccccc1. The summed E-state index contributed by atoms with van der Waals surface area (Å²) >= 11 is 0. The molecule has 0 saturated carbocycles. The molecule has 1 fully saturated rings. The molecule has 0 amide bonds. The van der Waals surface area contributed by atoms with Crippen molar-refractivity contribution in [1.82, 2.24) is 0 Å². The highest BCUT2D eigenvalue weighted by Crippen LogP contribution is 2.41. The first kappa shape index (κ1) is 26.7. The van der Waals surface area contributed by atoms with Gasteiger partial charge in [0.05, 0.1) is 13.2 Å². The van der Waals surface area contributed by atoms with E-state index < -0.39 is 35.6 Å². The van der Waals surface area contributed by atoms with Gasteiger partial charge in [0.1, 0.15) is 5.57 Å². The van der Waals surface area contributed by atoms with Crippen LogP contribution >= 0.6 is 0 Å². The molecule has 1 heterocycles. The van der Waals surface area contributed by atoms with Crippen molar-refractivity contribution in [3.63, 3.8) is 0 Å². The summed E-state index contributed by atoms with van der Waals surface area (Å²) in [5.74, 6) is -4.55. The highest BCUT2D eigenvalue weighted by atomic mass is 16.7. The first-order chi connectivity index (χ1) is 17.3. The van der Waals surface area contributed by atoms with E-state index in [9.17, 15) is 19.2 Å². The van der Waals surface area contributed by atoms with Gasteiger partial charge in [-0.25, -0.2) is 19.2 Å². The van der Waals surface area contributed by atoms with Crippen molar-refractivity contribution in [1.29, 1.82) is 0 Å². The maximum absolute atomic E-state index is 13.6. The molecule has 1 saturated heterocycles. The van der Waals surface area contributed by atoms with Gasteiger partial charge in [-0.3, -0.25) is 0 Å². The highest BCUT2D eigenvalue weighted by molar-refractivity contribution is 6.22. The molecule has 8 nitrogen and oxygen atoms in total. The molecule has 0 radical (unpaired) electrons. The van der Waals surface area contributed by atoms with E-state index in [1.54, 1.807) is 63.2 Å². The molecule has 0 aromatic heterocycles. The molecule has 2 aromatic carbocycles. The Bertz CT molecular complexity index is 1150. The Kier molecular flexibility index (Phi) is 8.64. The molecule has 3 rings (SSSR count). The first-order valence-electron chi connectivity index (χ1n) is 12.0. The quantitative estimate of drug-likeness (QED) is 0.177. The minimum absolute atomic E-state index is 0.111. The second-order valence-electron chi connectivity index (χ2n) is 7.98. The van der Waals surface area contributed by atoms with E-state index in [0.717, 1.165) is 5.56 Å². The van der Waals surface area contributed by atoms with Gasteiger partial charge in [-0.05, 0) is 49.0 Å². The van der Waals surface area contributed by atoms with Crippen molar-refractivity contribution in [3.8, 4) is 0 Å². The summed E-state index contributed by atoms with van der Waals surface area (Å²) in [4.78, 5) is 53.8. The fourth-order valence-corrected chi connectivity index (χ4v) is 4.24. The molecule has 1 atom stereocenters. The zero-order chi connectivity index (χ0) is 26.3. The van der Waals surface area contributed by atoms with Gasteiger partial charge in [0.2, 0.25) is 0 Å². The number of ether oxygens (including phenoxy) is 4. The third kappa shape index (κ3) is 4.89. The van der Waals surface area contributed by atoms with Crippen LogP contribution in [-0.4, -0.2) is 42.7 Å². The summed E-state index contributed by atoms with van der Waals surface area (Å²) < 4.78 is 21.8. The molecule has 1 aliphatic rings. The summed E-state index contributed by atoms with van der Waals surface area (Å²) in [6, 6.07) is 15.5. The predicted molar refractivity (Wildman–Crippen MR) is 130 cm³/mol. The fourth-order valence-electron chi connectivity index (χ4n) is 4.24. The van der Waals surface area contributed by atoms with E-state index in [1.165, 1.54) is 0 Å². The zero-order valence-corrected chi connectivity index (χ0v) is 20.9. The number of benzene rings is 2. The number of carbonyl (C=O) groups is 4. The minimum Gasteiger partial charge on any atom is -0.462 e. The molecular formula is C28H30O8. The summed E-state index contributed by atoms with van der Waals surface area (Å²) in [6.45, 7) is 6.61. The Labute approximate surface area is 210 Å². The normalized spacial score (nSPS) is 18.4. The van der Waals surface area contributed by atoms with E-state index >= 15 is 0 Å². The van der Waals surface area contributed by atoms with Crippen LogP contribution in [0, 0.1) is 0 Å². The van der Waals surface area contributed by atoms with Crippen molar-refractivity contribution in [2.45, 2.75) is 52.2 Å². The number of cyclic esters (lactones) is 2. The van der Waals surface area contributed by atoms with E-state index in [4.69, 9.17) is 18.9 Å². The first-order valence-corrected chi connectivity index (χ1v) is 12.0. The van der Waals surface area contributed by atoms with Gasteiger partial charge in [-0.1, -0.05) is 68.4 Å². The lowest BCUT2D eigenvalue weighted by Crippen LogP contribution is -2.56. The predicted octanol–water partition coefficient (Wildman–Crippen LogP) is 4.12. The average Bonchev–Trinajstić information content (AvgIpc) is 3.00. The fraction of sp³-hybridized carbons (Fsp3) is 0.357. The number of carbonyl (C=O) groups excluding carboxylic acids is 4. The van der Waals surface area contributed by atoms with Crippen LogP contribution in [0.25, 0.3) is 5.57 Å². The van der Waals surface area contributed by atoms with Gasteiger partial charge in [0, 0.05) is 0 Å². The lowest BCUT2D eigenvalue weighted by molar-refractivity contribution is -0.208. The smallest absolute Gasteiger partial charge is 0.367 e. The van der Waals surface area contributed by atoms with Gasteiger partial charge in [-0.2, -0.15) is 0 Å². The Morgan fingerprint density at radius 1 is 0.833 bits per heavy atom. The number of rotatable bonds is 8. The van der Waals surface area contributed by atoms with Crippen LogP contribution < -0.4 is 0 Å². The molecular weight excluding hydrogens is 464 g/mol. The van der Waals surface area contributed by atoms with Gasteiger partial charge < -0.3 is 18.9 Å². The lowest BCUT2D eigenvalue weighted by Gasteiger charge is -2.32. The van der Waals surface area contributed by atoms with E-state index in [1.807, 2.05) is 19.1 Å². The third-order valence-corrected chi connectivity index (χ3v) is 5.89. The zero-order valence-electron chi connectivity index (χ0n) is 20.9. The Hall–Kier alpha value is -3.94. The minimum atomic E-state index is -2.69. The molecule has 1 aliphatic heterocycles. The number of allylic oxidation sites excluding steroid dienone is 1. The van der Waals surface area contributed by atoms with Crippen molar-refractivity contribution in [3.05, 3.63) is 76.9 Å². The standard InChI is InChI=1S/C28H30O8/c1-5-18-14-12-13-17-21(18)20(6-2)22-24(29)35-23(19-15-10-9-11-16-19)28(36-25(22)30,26(31)33-7-3)27(32)34-8-4/h9-17,23H,5-8H2,1-4H3. The van der Waals surface area contributed by atoms with Crippen LogP contribution in [0.2, 0.25) is 0 Å². The summed E-state index contributed by atoms with van der Waals surface area (Å²) in [7, 11) is 0. The van der Waals surface area contributed by atoms with Crippen molar-refractivity contribution >= 4 is 29.5 Å². The highest BCUT2D eigenvalue weighted by Gasteiger charge is 2.64. The van der Waals surface area contributed by atoms with Crippen LogP contribution in [0.1, 0.15) is 56.9 Å². The van der Waals surface area contributed by atoms with Gasteiger partial charge in [0.25, 0.3) is 0 Å². The number of hydrogen-bond donors (Lipinski definition) is 0. The molecule has 8 heteroatoms. The van der Waals surface area contributed by atoms with Gasteiger partial charge >= 0.3 is 29.5 Å². The van der Waals surface area contributed by atoms with E-state index in [2.05, 4.69) is 0 Å². The van der Waals surface area contributed by atoms with Gasteiger partial charge in [0.15, 0.2) is 6.10 Å². The molecule has 0 aliphatic carbocycles. The molecule has 0 bridgehead atoms. The van der Waals surface area contributed by atoms with Crippen LogP contribution in [0.15, 0.2) is 60.2 Å². The van der Waals surface area contributed by atoms with Crippen molar-refractivity contribution in [2.75, 3.05) is 13.2 Å².